The highest BCUT2D eigenvalue weighted by atomic mass is 35.5. The van der Waals surface area contributed by atoms with Crippen LogP contribution in [0, 0.1) is 0 Å². The molecule has 28 heavy (non-hydrogen) atoms. The van der Waals surface area contributed by atoms with E-state index < -0.39 is 5.97 Å². The molecule has 0 radical (unpaired) electrons. The van der Waals surface area contributed by atoms with Crippen LogP contribution in [-0.2, 0) is 20.9 Å². The molecule has 2 amide bonds. The van der Waals surface area contributed by atoms with E-state index in [1.807, 2.05) is 13.0 Å². The molecule has 0 spiro atoms. The van der Waals surface area contributed by atoms with Crippen molar-refractivity contribution in [2.75, 3.05) is 24.6 Å². The van der Waals surface area contributed by atoms with Crippen LogP contribution in [0.1, 0.15) is 35.0 Å². The minimum absolute atomic E-state index is 0.0904. The number of hydrogen-bond donors (Lipinski definition) is 0. The molecule has 1 aromatic heterocycles. The summed E-state index contributed by atoms with van der Waals surface area (Å²) in [4.78, 5) is 40.7. The topological polar surface area (TPSA) is 66.9 Å². The van der Waals surface area contributed by atoms with Crippen molar-refractivity contribution in [2.24, 2.45) is 0 Å². The van der Waals surface area contributed by atoms with E-state index in [1.54, 1.807) is 40.1 Å². The third kappa shape index (κ3) is 4.91. The predicted octanol–water partition coefficient (Wildman–Crippen LogP) is 3.73. The van der Waals surface area contributed by atoms with Gasteiger partial charge in [0.1, 0.15) is 0 Å². The molecule has 0 bridgehead atoms. The Morgan fingerprint density at radius 1 is 1.21 bits per heavy atom. The monoisotopic (exact) mass is 420 g/mol. The molecule has 1 aliphatic rings. The van der Waals surface area contributed by atoms with Gasteiger partial charge < -0.3 is 14.5 Å². The largest absolute Gasteiger partial charge is 0.452 e. The van der Waals surface area contributed by atoms with Crippen molar-refractivity contribution < 1.29 is 19.1 Å². The summed E-state index contributed by atoms with van der Waals surface area (Å²) in [5.41, 5.74) is 1.11. The molecule has 148 valence electrons. The van der Waals surface area contributed by atoms with Gasteiger partial charge in [0.2, 0.25) is 5.91 Å². The van der Waals surface area contributed by atoms with Crippen molar-refractivity contribution in [1.29, 1.82) is 0 Å². The van der Waals surface area contributed by atoms with Gasteiger partial charge in [-0.1, -0.05) is 11.6 Å². The Bertz CT molecular complexity index is 865. The molecule has 1 saturated heterocycles. The fourth-order valence-corrected chi connectivity index (χ4v) is 4.10. The number of thiophene rings is 1. The van der Waals surface area contributed by atoms with Crippen molar-refractivity contribution in [1.82, 2.24) is 4.90 Å². The van der Waals surface area contributed by atoms with Gasteiger partial charge in [-0.05, 0) is 49.7 Å². The summed E-state index contributed by atoms with van der Waals surface area (Å²) < 4.78 is 5.84. The fraction of sp³-hybridized carbons (Fsp3) is 0.350. The molecule has 1 aromatic carbocycles. The number of rotatable bonds is 7. The van der Waals surface area contributed by atoms with Crippen LogP contribution in [0.15, 0.2) is 36.4 Å². The molecule has 0 unspecified atom stereocenters. The van der Waals surface area contributed by atoms with Crippen LogP contribution in [0.5, 0.6) is 0 Å². The highest BCUT2D eigenvalue weighted by Gasteiger charge is 2.22. The molecular formula is C20H21ClN2O4S. The average Bonchev–Trinajstić information content (AvgIpc) is 3.31. The number of halogens is 1. The number of amides is 2. The predicted molar refractivity (Wildman–Crippen MR) is 109 cm³/mol. The lowest BCUT2D eigenvalue weighted by molar-refractivity contribution is -0.134. The van der Waals surface area contributed by atoms with Gasteiger partial charge in [-0.2, -0.15) is 0 Å². The maximum Gasteiger partial charge on any atom is 0.338 e. The zero-order chi connectivity index (χ0) is 20.1. The molecule has 6 nitrogen and oxygen atoms in total. The number of carbonyl (C=O) groups is 3. The first-order chi connectivity index (χ1) is 13.5. The van der Waals surface area contributed by atoms with Gasteiger partial charge >= 0.3 is 5.97 Å². The molecule has 1 aliphatic heterocycles. The molecule has 3 rings (SSSR count). The minimum Gasteiger partial charge on any atom is -0.452 e. The van der Waals surface area contributed by atoms with E-state index in [2.05, 4.69) is 0 Å². The second-order valence-electron chi connectivity index (χ2n) is 6.39. The van der Waals surface area contributed by atoms with Crippen molar-refractivity contribution in [3.05, 3.63) is 51.2 Å². The molecule has 2 aromatic rings. The highest BCUT2D eigenvalue weighted by Crippen LogP contribution is 2.23. The van der Waals surface area contributed by atoms with Crippen LogP contribution >= 0.6 is 22.9 Å². The van der Waals surface area contributed by atoms with E-state index in [0.717, 1.165) is 17.0 Å². The van der Waals surface area contributed by atoms with Crippen LogP contribution in [0.4, 0.5) is 5.69 Å². The van der Waals surface area contributed by atoms with Crippen LogP contribution in [0.2, 0.25) is 4.34 Å². The molecule has 0 N–H and O–H groups in total. The standard InChI is InChI=1S/C20H21ClN2O4S/c1-2-22(12-16-9-10-17(21)28-16)19(25)13-27-20(26)14-5-7-15(8-6-14)23-11-3-4-18(23)24/h5-10H,2-4,11-13H2,1H3. The van der Waals surface area contributed by atoms with Gasteiger partial charge in [-0.25, -0.2) is 4.79 Å². The summed E-state index contributed by atoms with van der Waals surface area (Å²) in [5, 5.41) is 0. The third-order valence-electron chi connectivity index (χ3n) is 4.52. The molecule has 8 heteroatoms. The first-order valence-electron chi connectivity index (χ1n) is 9.07. The summed E-state index contributed by atoms with van der Waals surface area (Å²) in [6.07, 6.45) is 1.40. The molecule has 0 aliphatic carbocycles. The molecule has 0 saturated carbocycles. The molecule has 2 heterocycles. The summed E-state index contributed by atoms with van der Waals surface area (Å²) in [7, 11) is 0. The van der Waals surface area contributed by atoms with E-state index in [4.69, 9.17) is 16.3 Å². The van der Waals surface area contributed by atoms with Crippen molar-refractivity contribution in [2.45, 2.75) is 26.3 Å². The van der Waals surface area contributed by atoms with E-state index in [-0.39, 0.29) is 18.4 Å². The quantitative estimate of drug-likeness (QED) is 0.640. The van der Waals surface area contributed by atoms with Crippen LogP contribution in [-0.4, -0.2) is 42.4 Å². The Morgan fingerprint density at radius 3 is 2.54 bits per heavy atom. The number of nitrogens with zero attached hydrogens (tertiary/aromatic N) is 2. The van der Waals surface area contributed by atoms with Crippen molar-refractivity contribution in [3.8, 4) is 0 Å². The summed E-state index contributed by atoms with van der Waals surface area (Å²) in [5.74, 6) is -0.741. The molecule has 0 atom stereocenters. The van der Waals surface area contributed by atoms with Gasteiger partial charge in [0.15, 0.2) is 6.61 Å². The fourth-order valence-electron chi connectivity index (χ4n) is 3.00. The Labute approximate surface area is 172 Å². The van der Waals surface area contributed by atoms with Gasteiger partial charge in [-0.15, -0.1) is 11.3 Å². The number of hydrogen-bond acceptors (Lipinski definition) is 5. The maximum atomic E-state index is 12.4. The zero-order valence-electron chi connectivity index (χ0n) is 15.5. The van der Waals surface area contributed by atoms with Gasteiger partial charge in [-0.3, -0.25) is 9.59 Å². The summed E-state index contributed by atoms with van der Waals surface area (Å²) in [6, 6.07) is 10.3. The maximum absolute atomic E-state index is 12.4. The number of esters is 1. The second kappa shape index (κ2) is 9.21. The third-order valence-corrected chi connectivity index (χ3v) is 5.74. The first-order valence-corrected chi connectivity index (χ1v) is 10.3. The summed E-state index contributed by atoms with van der Waals surface area (Å²) in [6.45, 7) is 3.18. The van der Waals surface area contributed by atoms with Gasteiger partial charge in [0, 0.05) is 30.1 Å². The Kier molecular flexibility index (Phi) is 6.70. The lowest BCUT2D eigenvalue weighted by atomic mass is 10.2. The highest BCUT2D eigenvalue weighted by molar-refractivity contribution is 7.16. The number of ether oxygens (including phenoxy) is 1. The second-order valence-corrected chi connectivity index (χ2v) is 8.19. The Hall–Kier alpha value is -2.38. The SMILES string of the molecule is CCN(Cc1ccc(Cl)s1)C(=O)COC(=O)c1ccc(N2CCCC2=O)cc1. The van der Waals surface area contributed by atoms with Crippen LogP contribution < -0.4 is 4.90 Å². The van der Waals surface area contributed by atoms with E-state index in [0.29, 0.717) is 36.0 Å². The number of anilines is 1. The lowest BCUT2D eigenvalue weighted by Crippen LogP contribution is -2.33. The zero-order valence-corrected chi connectivity index (χ0v) is 17.1. The Morgan fingerprint density at radius 2 is 1.96 bits per heavy atom. The first kappa shape index (κ1) is 20.4. The lowest BCUT2D eigenvalue weighted by Gasteiger charge is -2.20. The van der Waals surface area contributed by atoms with Crippen LogP contribution in [0.25, 0.3) is 0 Å². The average molecular weight is 421 g/mol. The van der Waals surface area contributed by atoms with E-state index in [1.165, 1.54) is 11.3 Å². The molecule has 1 fully saturated rings. The van der Waals surface area contributed by atoms with Crippen LogP contribution in [0.3, 0.4) is 0 Å². The van der Waals surface area contributed by atoms with Gasteiger partial charge in [0.25, 0.3) is 5.91 Å². The normalized spacial score (nSPS) is 13.6. The minimum atomic E-state index is -0.567. The van der Waals surface area contributed by atoms with Crippen molar-refractivity contribution in [3.63, 3.8) is 0 Å². The smallest absolute Gasteiger partial charge is 0.338 e. The summed E-state index contributed by atoms with van der Waals surface area (Å²) >= 11 is 7.34. The molecular weight excluding hydrogens is 400 g/mol. The number of likely N-dealkylation sites (N-methyl/N-ethyl adjacent to an activating group) is 1. The number of carbonyl (C=O) groups excluding carboxylic acids is 3. The Balaban J connectivity index is 1.53. The van der Waals surface area contributed by atoms with E-state index >= 15 is 0 Å². The number of benzene rings is 1. The van der Waals surface area contributed by atoms with E-state index in [9.17, 15) is 14.4 Å². The van der Waals surface area contributed by atoms with Crippen molar-refractivity contribution >= 4 is 46.4 Å². The van der Waals surface area contributed by atoms with Gasteiger partial charge in [0.05, 0.1) is 16.4 Å².